The van der Waals surface area contributed by atoms with Gasteiger partial charge in [-0.1, -0.05) is 30.3 Å². The van der Waals surface area contributed by atoms with E-state index in [9.17, 15) is 9.59 Å². The standard InChI is InChI=1S/C12H12O4/c13-10(14)12(11(15)16)6-9(7-12)8-4-2-1-3-5-8/h1-5,9H,6-7H2,(H,13,14)(H,15,16). The molecule has 1 aromatic carbocycles. The van der Waals surface area contributed by atoms with Crippen molar-refractivity contribution in [1.82, 2.24) is 0 Å². The van der Waals surface area contributed by atoms with Crippen LogP contribution >= 0.6 is 0 Å². The van der Waals surface area contributed by atoms with E-state index >= 15 is 0 Å². The van der Waals surface area contributed by atoms with Crippen molar-refractivity contribution < 1.29 is 19.8 Å². The Bertz CT molecular complexity index is 402. The second-order valence-electron chi connectivity index (χ2n) is 4.21. The number of hydrogen-bond acceptors (Lipinski definition) is 2. The minimum Gasteiger partial charge on any atom is -0.480 e. The third-order valence-electron chi connectivity index (χ3n) is 3.28. The van der Waals surface area contributed by atoms with Crippen LogP contribution in [0.1, 0.15) is 24.3 Å². The summed E-state index contributed by atoms with van der Waals surface area (Å²) in [6.45, 7) is 0. The maximum absolute atomic E-state index is 10.9. The number of carboxylic acid groups (broad SMARTS) is 2. The first-order chi connectivity index (χ1) is 7.56. The largest absolute Gasteiger partial charge is 0.480 e. The predicted molar refractivity (Wildman–Crippen MR) is 56.1 cm³/mol. The topological polar surface area (TPSA) is 74.6 Å². The smallest absolute Gasteiger partial charge is 0.321 e. The van der Waals surface area contributed by atoms with Crippen molar-refractivity contribution >= 4 is 11.9 Å². The number of aliphatic carboxylic acids is 2. The SMILES string of the molecule is O=C(O)C1(C(=O)O)CC(c2ccccc2)C1. The molecule has 0 atom stereocenters. The summed E-state index contributed by atoms with van der Waals surface area (Å²) in [4.78, 5) is 21.9. The molecule has 16 heavy (non-hydrogen) atoms. The first-order valence-electron chi connectivity index (χ1n) is 5.08. The van der Waals surface area contributed by atoms with Gasteiger partial charge in [0.1, 0.15) is 0 Å². The Kier molecular flexibility index (Phi) is 2.42. The summed E-state index contributed by atoms with van der Waals surface area (Å²) >= 11 is 0. The average Bonchev–Trinajstić information content (AvgIpc) is 2.16. The third kappa shape index (κ3) is 1.46. The lowest BCUT2D eigenvalue weighted by atomic mass is 9.60. The van der Waals surface area contributed by atoms with Gasteiger partial charge in [0.25, 0.3) is 0 Å². The monoisotopic (exact) mass is 220 g/mol. The Balaban J connectivity index is 2.14. The molecule has 0 saturated heterocycles. The van der Waals surface area contributed by atoms with Gasteiger partial charge in [-0.15, -0.1) is 0 Å². The highest BCUT2D eigenvalue weighted by Gasteiger charge is 2.56. The van der Waals surface area contributed by atoms with E-state index in [4.69, 9.17) is 10.2 Å². The van der Waals surface area contributed by atoms with Crippen molar-refractivity contribution in [2.75, 3.05) is 0 Å². The summed E-state index contributed by atoms with van der Waals surface area (Å²) in [6.07, 6.45) is 0.364. The molecule has 0 aliphatic heterocycles. The summed E-state index contributed by atoms with van der Waals surface area (Å²) in [5.74, 6) is -2.41. The zero-order valence-corrected chi connectivity index (χ0v) is 8.59. The lowest BCUT2D eigenvalue weighted by Gasteiger charge is -2.41. The Morgan fingerprint density at radius 3 is 2.00 bits per heavy atom. The fourth-order valence-electron chi connectivity index (χ4n) is 2.18. The Hall–Kier alpha value is -1.84. The molecule has 1 fully saturated rings. The van der Waals surface area contributed by atoms with E-state index in [-0.39, 0.29) is 18.8 Å². The predicted octanol–water partition coefficient (Wildman–Crippen LogP) is 1.72. The van der Waals surface area contributed by atoms with Gasteiger partial charge in [0.2, 0.25) is 0 Å². The van der Waals surface area contributed by atoms with Crippen LogP contribution in [0.2, 0.25) is 0 Å². The highest BCUT2D eigenvalue weighted by molar-refractivity contribution is 5.99. The molecule has 1 aromatic rings. The zero-order chi connectivity index (χ0) is 11.8. The second-order valence-corrected chi connectivity index (χ2v) is 4.21. The van der Waals surface area contributed by atoms with Crippen LogP contribution in [0.15, 0.2) is 30.3 Å². The minimum absolute atomic E-state index is 0.0494. The number of benzene rings is 1. The first-order valence-corrected chi connectivity index (χ1v) is 5.08. The van der Waals surface area contributed by atoms with E-state index < -0.39 is 17.4 Å². The van der Waals surface area contributed by atoms with Crippen LogP contribution in [0.25, 0.3) is 0 Å². The van der Waals surface area contributed by atoms with Gasteiger partial charge in [0.15, 0.2) is 5.41 Å². The Morgan fingerprint density at radius 1 is 1.06 bits per heavy atom. The number of rotatable bonds is 3. The highest BCUT2D eigenvalue weighted by Crippen LogP contribution is 2.51. The van der Waals surface area contributed by atoms with Gasteiger partial charge in [0, 0.05) is 0 Å². The molecule has 1 aliphatic rings. The quantitative estimate of drug-likeness (QED) is 0.760. The third-order valence-corrected chi connectivity index (χ3v) is 3.28. The molecule has 0 unspecified atom stereocenters. The van der Waals surface area contributed by atoms with Crippen LogP contribution in [0.3, 0.4) is 0 Å². The summed E-state index contributed by atoms with van der Waals surface area (Å²) in [5.41, 5.74) is -0.554. The van der Waals surface area contributed by atoms with Crippen molar-refractivity contribution in [2.24, 2.45) is 5.41 Å². The molecule has 1 aliphatic carbocycles. The normalized spacial score (nSPS) is 18.8. The molecule has 0 aromatic heterocycles. The van der Waals surface area contributed by atoms with E-state index in [0.717, 1.165) is 5.56 Å². The highest BCUT2D eigenvalue weighted by atomic mass is 16.4. The molecule has 0 amide bonds. The fourth-order valence-corrected chi connectivity index (χ4v) is 2.18. The van der Waals surface area contributed by atoms with Gasteiger partial charge in [0.05, 0.1) is 0 Å². The van der Waals surface area contributed by atoms with Gasteiger partial charge >= 0.3 is 11.9 Å². The molecule has 1 saturated carbocycles. The fraction of sp³-hybridized carbons (Fsp3) is 0.333. The summed E-state index contributed by atoms with van der Waals surface area (Å²) in [6, 6.07) is 9.42. The van der Waals surface area contributed by atoms with Crippen LogP contribution in [-0.4, -0.2) is 22.2 Å². The maximum Gasteiger partial charge on any atom is 0.321 e. The van der Waals surface area contributed by atoms with Crippen LogP contribution < -0.4 is 0 Å². The molecule has 2 rings (SSSR count). The second kappa shape index (κ2) is 3.63. The molecule has 0 bridgehead atoms. The van der Waals surface area contributed by atoms with Crippen LogP contribution in [0.5, 0.6) is 0 Å². The van der Waals surface area contributed by atoms with Crippen LogP contribution in [-0.2, 0) is 9.59 Å². The van der Waals surface area contributed by atoms with Gasteiger partial charge in [-0.3, -0.25) is 9.59 Å². The molecule has 4 heteroatoms. The lowest BCUT2D eigenvalue weighted by molar-refractivity contribution is -0.172. The van der Waals surface area contributed by atoms with Gasteiger partial charge in [-0.05, 0) is 24.3 Å². The zero-order valence-electron chi connectivity index (χ0n) is 8.59. The lowest BCUT2D eigenvalue weighted by Crippen LogP contribution is -2.48. The molecule has 0 spiro atoms. The first kappa shape index (κ1) is 10.7. The van der Waals surface area contributed by atoms with Crippen molar-refractivity contribution in [3.63, 3.8) is 0 Å². The van der Waals surface area contributed by atoms with E-state index in [1.807, 2.05) is 30.3 Å². The molecule has 4 nitrogen and oxygen atoms in total. The van der Waals surface area contributed by atoms with Crippen molar-refractivity contribution in [3.8, 4) is 0 Å². The Morgan fingerprint density at radius 2 is 1.56 bits per heavy atom. The summed E-state index contributed by atoms with van der Waals surface area (Å²) in [5, 5.41) is 17.9. The molecular formula is C12H12O4. The number of carboxylic acids is 2. The molecule has 0 heterocycles. The van der Waals surface area contributed by atoms with Crippen molar-refractivity contribution in [2.45, 2.75) is 18.8 Å². The summed E-state index contributed by atoms with van der Waals surface area (Å²) < 4.78 is 0. The minimum atomic E-state index is -1.57. The molecule has 84 valence electrons. The van der Waals surface area contributed by atoms with Crippen LogP contribution in [0.4, 0.5) is 0 Å². The molecule has 2 N–H and O–H groups in total. The van der Waals surface area contributed by atoms with E-state index in [2.05, 4.69) is 0 Å². The van der Waals surface area contributed by atoms with E-state index in [1.54, 1.807) is 0 Å². The Labute approximate surface area is 92.5 Å². The van der Waals surface area contributed by atoms with E-state index in [1.165, 1.54) is 0 Å². The molecule has 0 radical (unpaired) electrons. The van der Waals surface area contributed by atoms with Crippen molar-refractivity contribution in [1.29, 1.82) is 0 Å². The van der Waals surface area contributed by atoms with Crippen molar-refractivity contribution in [3.05, 3.63) is 35.9 Å². The summed E-state index contributed by atoms with van der Waals surface area (Å²) in [7, 11) is 0. The maximum atomic E-state index is 10.9. The number of carbonyl (C=O) groups is 2. The van der Waals surface area contributed by atoms with Gasteiger partial charge < -0.3 is 10.2 Å². The molecular weight excluding hydrogens is 208 g/mol. The van der Waals surface area contributed by atoms with Gasteiger partial charge in [-0.25, -0.2) is 0 Å². The number of hydrogen-bond donors (Lipinski definition) is 2. The van der Waals surface area contributed by atoms with Gasteiger partial charge in [-0.2, -0.15) is 0 Å². The average molecular weight is 220 g/mol. The van der Waals surface area contributed by atoms with Crippen LogP contribution in [0, 0.1) is 5.41 Å². The van der Waals surface area contributed by atoms with E-state index in [0.29, 0.717) is 0 Å².